The number of ether oxygens (including phenoxy) is 1. The van der Waals surface area contributed by atoms with Crippen molar-refractivity contribution in [2.45, 2.75) is 0 Å². The van der Waals surface area contributed by atoms with Gasteiger partial charge in [-0.3, -0.25) is 14.5 Å². The van der Waals surface area contributed by atoms with Crippen molar-refractivity contribution in [3.05, 3.63) is 96.1 Å². The number of benzene rings is 3. The Labute approximate surface area is 179 Å². The van der Waals surface area contributed by atoms with Crippen LogP contribution in [0.1, 0.15) is 20.7 Å². The van der Waals surface area contributed by atoms with Crippen molar-refractivity contribution in [3.8, 4) is 6.07 Å². The van der Waals surface area contributed by atoms with E-state index in [1.54, 1.807) is 78.9 Å². The Hall–Kier alpha value is -4.44. The molecule has 0 unspecified atom stereocenters. The van der Waals surface area contributed by atoms with Gasteiger partial charge in [-0.2, -0.15) is 5.26 Å². The van der Waals surface area contributed by atoms with E-state index >= 15 is 0 Å². The van der Waals surface area contributed by atoms with Crippen LogP contribution in [0.5, 0.6) is 0 Å². The normalized spacial score (nSPS) is 9.90. The van der Waals surface area contributed by atoms with Gasteiger partial charge in [0.25, 0.3) is 11.8 Å². The van der Waals surface area contributed by atoms with Crippen molar-refractivity contribution in [3.63, 3.8) is 0 Å². The van der Waals surface area contributed by atoms with Gasteiger partial charge in [-0.15, -0.1) is 0 Å². The van der Waals surface area contributed by atoms with Gasteiger partial charge in [0.15, 0.2) is 6.61 Å². The predicted octanol–water partition coefficient (Wildman–Crippen LogP) is 3.65. The maximum atomic E-state index is 12.6. The van der Waals surface area contributed by atoms with E-state index in [0.29, 0.717) is 11.3 Å². The Kier molecular flexibility index (Phi) is 7.12. The molecule has 3 aromatic carbocycles. The number of carbonyl (C=O) groups is 3. The smallest absolute Gasteiger partial charge is 0.340 e. The number of rotatable bonds is 7. The molecule has 0 atom stereocenters. The highest BCUT2D eigenvalue weighted by atomic mass is 16.5. The van der Waals surface area contributed by atoms with Gasteiger partial charge in [-0.05, 0) is 36.4 Å². The van der Waals surface area contributed by atoms with E-state index < -0.39 is 18.5 Å². The van der Waals surface area contributed by atoms with E-state index in [-0.39, 0.29) is 23.7 Å². The van der Waals surface area contributed by atoms with Gasteiger partial charge in [0.2, 0.25) is 0 Å². The monoisotopic (exact) mass is 413 g/mol. The number of hydrogen-bond acceptors (Lipinski definition) is 5. The highest BCUT2D eigenvalue weighted by Crippen LogP contribution is 2.18. The lowest BCUT2D eigenvalue weighted by Gasteiger charge is -2.19. The van der Waals surface area contributed by atoms with Crippen LogP contribution in [0.25, 0.3) is 0 Å². The molecule has 0 heterocycles. The molecule has 0 aliphatic rings. The standard InChI is InChI=1S/C24H19N3O4/c25-15-16-27(19-11-5-2-6-12-19)22(28)17-31-24(30)20-13-7-8-14-21(20)26-23(29)18-9-3-1-4-10-18/h1-14H,16-17H2,(H,26,29). The molecule has 0 saturated carbocycles. The molecule has 31 heavy (non-hydrogen) atoms. The largest absolute Gasteiger partial charge is 0.452 e. The number of amides is 2. The molecule has 7 heteroatoms. The van der Waals surface area contributed by atoms with Crippen LogP contribution in [-0.2, 0) is 9.53 Å². The molecule has 0 bridgehead atoms. The summed E-state index contributed by atoms with van der Waals surface area (Å²) in [5.41, 5.74) is 1.35. The zero-order valence-corrected chi connectivity index (χ0v) is 16.5. The van der Waals surface area contributed by atoms with Crippen molar-refractivity contribution in [1.29, 1.82) is 5.26 Å². The fourth-order valence-electron chi connectivity index (χ4n) is 2.84. The molecule has 1 N–H and O–H groups in total. The van der Waals surface area contributed by atoms with E-state index in [0.717, 1.165) is 0 Å². The van der Waals surface area contributed by atoms with Crippen LogP contribution < -0.4 is 10.2 Å². The molecular weight excluding hydrogens is 394 g/mol. The summed E-state index contributed by atoms with van der Waals surface area (Å²) in [6, 6.07) is 25.5. The number of nitrogens with one attached hydrogen (secondary N) is 1. The quantitative estimate of drug-likeness (QED) is 0.471. The Morgan fingerprint density at radius 3 is 2.16 bits per heavy atom. The topological polar surface area (TPSA) is 99.5 Å². The van der Waals surface area contributed by atoms with Crippen LogP contribution in [0, 0.1) is 11.3 Å². The highest BCUT2D eigenvalue weighted by Gasteiger charge is 2.20. The molecule has 7 nitrogen and oxygen atoms in total. The average molecular weight is 413 g/mol. The van der Waals surface area contributed by atoms with Crippen LogP contribution in [0.4, 0.5) is 11.4 Å². The van der Waals surface area contributed by atoms with Crippen molar-refractivity contribution in [2.24, 2.45) is 0 Å². The molecule has 0 spiro atoms. The maximum Gasteiger partial charge on any atom is 0.340 e. The molecule has 0 fully saturated rings. The Morgan fingerprint density at radius 1 is 0.871 bits per heavy atom. The number of anilines is 2. The number of nitriles is 1. The highest BCUT2D eigenvalue weighted by molar-refractivity contribution is 6.08. The molecule has 3 rings (SSSR count). The number of esters is 1. The molecular formula is C24H19N3O4. The maximum absolute atomic E-state index is 12.6. The van der Waals surface area contributed by atoms with Gasteiger partial charge < -0.3 is 10.1 Å². The minimum atomic E-state index is -0.762. The van der Waals surface area contributed by atoms with Crippen molar-refractivity contribution in [1.82, 2.24) is 0 Å². The van der Waals surface area contributed by atoms with Gasteiger partial charge >= 0.3 is 5.97 Å². The molecule has 0 radical (unpaired) electrons. The second kappa shape index (κ2) is 10.4. The summed E-state index contributed by atoms with van der Waals surface area (Å²) in [7, 11) is 0. The van der Waals surface area contributed by atoms with E-state index in [4.69, 9.17) is 10.00 Å². The van der Waals surface area contributed by atoms with Crippen LogP contribution in [0.3, 0.4) is 0 Å². The molecule has 0 saturated heterocycles. The summed E-state index contributed by atoms with van der Waals surface area (Å²) in [5, 5.41) is 11.7. The summed E-state index contributed by atoms with van der Waals surface area (Å²) >= 11 is 0. The van der Waals surface area contributed by atoms with Crippen LogP contribution in [0.15, 0.2) is 84.9 Å². The lowest BCUT2D eigenvalue weighted by molar-refractivity contribution is -0.121. The van der Waals surface area contributed by atoms with Gasteiger partial charge in [-0.1, -0.05) is 48.5 Å². The summed E-state index contributed by atoms with van der Waals surface area (Å²) in [6.45, 7) is -0.722. The molecule has 3 aromatic rings. The second-order valence-corrected chi connectivity index (χ2v) is 6.42. The van der Waals surface area contributed by atoms with Gasteiger partial charge in [-0.25, -0.2) is 4.79 Å². The SMILES string of the molecule is N#CCN(C(=O)COC(=O)c1ccccc1NC(=O)c1ccccc1)c1ccccc1. The first kappa shape index (κ1) is 21.3. The Morgan fingerprint density at radius 2 is 1.48 bits per heavy atom. The van der Waals surface area contributed by atoms with Crippen molar-refractivity contribution >= 4 is 29.2 Å². The first-order valence-electron chi connectivity index (χ1n) is 9.45. The molecule has 0 aromatic heterocycles. The third kappa shape index (κ3) is 5.55. The minimum absolute atomic E-state index is 0.117. The fraction of sp³-hybridized carbons (Fsp3) is 0.0833. The summed E-state index contributed by atoms with van der Waals surface area (Å²) in [4.78, 5) is 38.8. The summed E-state index contributed by atoms with van der Waals surface area (Å²) in [6.07, 6.45) is 0. The number of hydrogen-bond donors (Lipinski definition) is 1. The minimum Gasteiger partial charge on any atom is -0.452 e. The number of nitrogens with zero attached hydrogens (tertiary/aromatic N) is 2. The summed E-state index contributed by atoms with van der Waals surface area (Å²) in [5.74, 6) is -1.67. The lowest BCUT2D eigenvalue weighted by atomic mass is 10.1. The molecule has 0 aliphatic heterocycles. The Bertz CT molecular complexity index is 1110. The molecule has 2 amide bonds. The first-order chi connectivity index (χ1) is 15.1. The van der Waals surface area contributed by atoms with Crippen LogP contribution >= 0.6 is 0 Å². The zero-order valence-electron chi connectivity index (χ0n) is 16.5. The van der Waals surface area contributed by atoms with Crippen LogP contribution in [0.2, 0.25) is 0 Å². The van der Waals surface area contributed by atoms with Crippen LogP contribution in [-0.4, -0.2) is 30.9 Å². The third-order valence-corrected chi connectivity index (χ3v) is 4.36. The lowest BCUT2D eigenvalue weighted by Crippen LogP contribution is -2.35. The number of carbonyl (C=O) groups excluding carboxylic acids is 3. The zero-order chi connectivity index (χ0) is 22.1. The molecule has 154 valence electrons. The van der Waals surface area contributed by atoms with Crippen molar-refractivity contribution in [2.75, 3.05) is 23.4 Å². The first-order valence-corrected chi connectivity index (χ1v) is 9.45. The van der Waals surface area contributed by atoms with Crippen molar-refractivity contribution < 1.29 is 19.1 Å². The second-order valence-electron chi connectivity index (χ2n) is 6.42. The van der Waals surface area contributed by atoms with E-state index in [1.165, 1.54) is 11.0 Å². The van der Waals surface area contributed by atoms with E-state index in [1.807, 2.05) is 6.07 Å². The molecule has 0 aliphatic carbocycles. The average Bonchev–Trinajstić information content (AvgIpc) is 2.82. The van der Waals surface area contributed by atoms with Gasteiger partial charge in [0.05, 0.1) is 17.3 Å². The Balaban J connectivity index is 1.69. The predicted molar refractivity (Wildman–Crippen MR) is 116 cm³/mol. The third-order valence-electron chi connectivity index (χ3n) is 4.36. The number of para-hydroxylation sites is 2. The van der Waals surface area contributed by atoms with E-state index in [2.05, 4.69) is 5.32 Å². The summed E-state index contributed by atoms with van der Waals surface area (Å²) < 4.78 is 5.18. The van der Waals surface area contributed by atoms with Gasteiger partial charge in [0, 0.05) is 11.3 Å². The fourth-order valence-corrected chi connectivity index (χ4v) is 2.84. The van der Waals surface area contributed by atoms with E-state index in [9.17, 15) is 14.4 Å². The van der Waals surface area contributed by atoms with Gasteiger partial charge in [0.1, 0.15) is 6.54 Å².